The predicted octanol–water partition coefficient (Wildman–Crippen LogP) is 3.16. The molecule has 0 radical (unpaired) electrons. The third-order valence-corrected chi connectivity index (χ3v) is 5.14. The summed E-state index contributed by atoms with van der Waals surface area (Å²) in [7, 11) is 0. The van der Waals surface area contributed by atoms with Crippen LogP contribution in [0.1, 0.15) is 28.6 Å². The molecular weight excluding hydrogens is 444 g/mol. The summed E-state index contributed by atoms with van der Waals surface area (Å²) in [6.45, 7) is 3.26. The molecule has 2 N–H and O–H groups in total. The Kier molecular flexibility index (Phi) is 6.26. The molecule has 0 aliphatic carbocycles. The molecule has 1 aliphatic heterocycles. The van der Waals surface area contributed by atoms with Gasteiger partial charge >= 0.3 is 0 Å². The van der Waals surface area contributed by atoms with Crippen LogP contribution >= 0.6 is 0 Å². The van der Waals surface area contributed by atoms with Crippen molar-refractivity contribution in [1.82, 2.24) is 10.7 Å². The Balaban J connectivity index is 1.34. The Morgan fingerprint density at radius 2 is 1.94 bits per heavy atom. The molecule has 0 bridgehead atoms. The first-order valence-corrected chi connectivity index (χ1v) is 10.2. The summed E-state index contributed by atoms with van der Waals surface area (Å²) in [5.41, 5.74) is 3.71. The molecule has 0 unspecified atom stereocenters. The minimum absolute atomic E-state index is 0.00633. The summed E-state index contributed by atoms with van der Waals surface area (Å²) in [4.78, 5) is 35.4. The number of fused-ring (bicyclic) bond motifs is 1. The van der Waals surface area contributed by atoms with E-state index in [-0.39, 0.29) is 12.5 Å². The lowest BCUT2D eigenvalue weighted by Crippen LogP contribution is -2.43. The Labute approximate surface area is 193 Å². The number of nitro groups is 1. The highest BCUT2D eigenvalue weighted by atomic mass is 16.7. The Morgan fingerprint density at radius 1 is 1.15 bits per heavy atom. The molecule has 2 amide bonds. The summed E-state index contributed by atoms with van der Waals surface area (Å²) in [6, 6.07) is 11.9. The smallest absolute Gasteiger partial charge is 0.273 e. The number of carbonyl (C=O) groups is 2. The first-order chi connectivity index (χ1) is 16.3. The van der Waals surface area contributed by atoms with Gasteiger partial charge in [0.2, 0.25) is 6.79 Å². The number of rotatable bonds is 7. The zero-order valence-electron chi connectivity index (χ0n) is 18.2. The number of nitro benzene ring substituents is 1. The van der Waals surface area contributed by atoms with E-state index in [1.807, 2.05) is 0 Å². The third kappa shape index (κ3) is 4.72. The van der Waals surface area contributed by atoms with E-state index in [0.29, 0.717) is 39.7 Å². The van der Waals surface area contributed by atoms with E-state index >= 15 is 0 Å². The van der Waals surface area contributed by atoms with Crippen LogP contribution in [0, 0.1) is 17.0 Å². The van der Waals surface area contributed by atoms with Crippen LogP contribution in [0.5, 0.6) is 11.5 Å². The zero-order valence-corrected chi connectivity index (χ0v) is 18.2. The van der Waals surface area contributed by atoms with E-state index in [1.165, 1.54) is 25.3 Å². The molecule has 0 saturated carbocycles. The SMILES string of the molecule is Cc1c(-c2ccc(/C=N\NC(=O)[C@@H](C)NC(=O)c3ccc4c(c3)OCO4)o2)cccc1[N+](=O)[O-]. The fraction of sp³-hybridized carbons (Fsp3) is 0.174. The van der Waals surface area contributed by atoms with Gasteiger partial charge in [0, 0.05) is 22.8 Å². The van der Waals surface area contributed by atoms with E-state index in [9.17, 15) is 19.7 Å². The molecular formula is C23H20N4O7. The summed E-state index contributed by atoms with van der Waals surface area (Å²) in [6.07, 6.45) is 1.29. The van der Waals surface area contributed by atoms with Crippen molar-refractivity contribution in [1.29, 1.82) is 0 Å². The van der Waals surface area contributed by atoms with Gasteiger partial charge in [0.25, 0.3) is 17.5 Å². The van der Waals surface area contributed by atoms with E-state index in [1.54, 1.807) is 43.3 Å². The van der Waals surface area contributed by atoms with Crippen molar-refractivity contribution in [2.45, 2.75) is 19.9 Å². The van der Waals surface area contributed by atoms with Crippen LogP contribution in [0.15, 0.2) is 58.0 Å². The van der Waals surface area contributed by atoms with Gasteiger partial charge in [-0.2, -0.15) is 5.10 Å². The molecule has 1 atom stereocenters. The number of ether oxygens (including phenoxy) is 2. The molecule has 0 spiro atoms. The highest BCUT2D eigenvalue weighted by Crippen LogP contribution is 2.32. The van der Waals surface area contributed by atoms with Crippen LogP contribution in [-0.4, -0.2) is 35.8 Å². The first-order valence-electron chi connectivity index (χ1n) is 10.2. The van der Waals surface area contributed by atoms with Crippen LogP contribution < -0.4 is 20.2 Å². The van der Waals surface area contributed by atoms with E-state index in [0.717, 1.165) is 0 Å². The lowest BCUT2D eigenvalue weighted by Gasteiger charge is -2.12. The molecule has 4 rings (SSSR count). The number of hydrazone groups is 1. The molecule has 11 nitrogen and oxygen atoms in total. The maximum Gasteiger partial charge on any atom is 0.273 e. The van der Waals surface area contributed by atoms with Crippen molar-refractivity contribution in [3.63, 3.8) is 0 Å². The minimum atomic E-state index is -0.866. The molecule has 0 saturated heterocycles. The molecule has 1 aliphatic rings. The number of furan rings is 1. The fourth-order valence-electron chi connectivity index (χ4n) is 3.29. The predicted molar refractivity (Wildman–Crippen MR) is 121 cm³/mol. The molecule has 1 aromatic heterocycles. The largest absolute Gasteiger partial charge is 0.455 e. The molecule has 34 heavy (non-hydrogen) atoms. The standard InChI is InChI=1S/C23H20N4O7/c1-13-17(4-3-5-18(13)27(30)31)19-9-7-16(34-19)11-24-26-22(28)14(2)25-23(29)15-6-8-20-21(10-15)33-12-32-20/h3-11,14H,12H2,1-2H3,(H,25,29)(H,26,28)/b24-11-/t14-/m1/s1. The molecule has 2 aromatic carbocycles. The number of benzene rings is 2. The van der Waals surface area contributed by atoms with Crippen LogP contribution in [-0.2, 0) is 4.79 Å². The zero-order chi connectivity index (χ0) is 24.2. The van der Waals surface area contributed by atoms with E-state index in [4.69, 9.17) is 13.9 Å². The molecule has 0 fully saturated rings. The molecule has 11 heteroatoms. The summed E-state index contributed by atoms with van der Waals surface area (Å²) in [5.74, 6) is 0.794. The molecule has 174 valence electrons. The van der Waals surface area contributed by atoms with Crippen molar-refractivity contribution in [3.8, 4) is 22.8 Å². The van der Waals surface area contributed by atoms with Crippen molar-refractivity contribution >= 4 is 23.7 Å². The number of hydrogen-bond donors (Lipinski definition) is 2. The number of hydrogen-bond acceptors (Lipinski definition) is 8. The lowest BCUT2D eigenvalue weighted by atomic mass is 10.1. The normalized spacial score (nSPS) is 13.0. The van der Waals surface area contributed by atoms with Gasteiger partial charge in [-0.1, -0.05) is 12.1 Å². The van der Waals surface area contributed by atoms with Gasteiger partial charge < -0.3 is 19.2 Å². The second-order valence-corrected chi connectivity index (χ2v) is 7.41. The molecule has 2 heterocycles. The number of carbonyl (C=O) groups excluding carboxylic acids is 2. The minimum Gasteiger partial charge on any atom is -0.455 e. The Hall–Kier alpha value is -4.67. The quantitative estimate of drug-likeness (QED) is 0.310. The fourth-order valence-corrected chi connectivity index (χ4v) is 3.29. The topological polar surface area (TPSA) is 145 Å². The van der Waals surface area contributed by atoms with Crippen molar-refractivity contribution in [2.24, 2.45) is 5.10 Å². The highest BCUT2D eigenvalue weighted by Gasteiger charge is 2.20. The maximum atomic E-state index is 12.4. The van der Waals surface area contributed by atoms with Crippen molar-refractivity contribution in [3.05, 3.63) is 75.5 Å². The van der Waals surface area contributed by atoms with Crippen LogP contribution in [0.3, 0.4) is 0 Å². The van der Waals surface area contributed by atoms with E-state index < -0.39 is 22.8 Å². The average Bonchev–Trinajstić information content (AvgIpc) is 3.47. The van der Waals surface area contributed by atoms with Gasteiger partial charge in [-0.15, -0.1) is 0 Å². The monoisotopic (exact) mass is 464 g/mol. The first kappa shape index (κ1) is 22.5. The number of nitrogens with one attached hydrogen (secondary N) is 2. The van der Waals surface area contributed by atoms with Gasteiger partial charge in [-0.25, -0.2) is 5.43 Å². The summed E-state index contributed by atoms with van der Waals surface area (Å²) >= 11 is 0. The summed E-state index contributed by atoms with van der Waals surface area (Å²) in [5, 5.41) is 17.6. The third-order valence-electron chi connectivity index (χ3n) is 5.14. The summed E-state index contributed by atoms with van der Waals surface area (Å²) < 4.78 is 16.1. The van der Waals surface area contributed by atoms with Gasteiger partial charge in [-0.3, -0.25) is 19.7 Å². The van der Waals surface area contributed by atoms with Gasteiger partial charge in [0.05, 0.1) is 11.1 Å². The van der Waals surface area contributed by atoms with Gasteiger partial charge in [0.1, 0.15) is 17.6 Å². The average molecular weight is 464 g/mol. The van der Waals surface area contributed by atoms with Gasteiger partial charge in [0.15, 0.2) is 11.5 Å². The number of nitrogens with zero attached hydrogens (tertiary/aromatic N) is 2. The van der Waals surface area contributed by atoms with Crippen molar-refractivity contribution < 1.29 is 28.4 Å². The highest BCUT2D eigenvalue weighted by molar-refractivity contribution is 5.98. The van der Waals surface area contributed by atoms with E-state index in [2.05, 4.69) is 15.8 Å². The second kappa shape index (κ2) is 9.45. The lowest BCUT2D eigenvalue weighted by molar-refractivity contribution is -0.385. The molecule has 3 aromatic rings. The maximum absolute atomic E-state index is 12.4. The Bertz CT molecular complexity index is 1300. The van der Waals surface area contributed by atoms with Crippen LogP contribution in [0.2, 0.25) is 0 Å². The van der Waals surface area contributed by atoms with Crippen LogP contribution in [0.25, 0.3) is 11.3 Å². The second-order valence-electron chi connectivity index (χ2n) is 7.41. The number of amides is 2. The van der Waals surface area contributed by atoms with Gasteiger partial charge in [-0.05, 0) is 44.2 Å². The van der Waals surface area contributed by atoms with Crippen molar-refractivity contribution in [2.75, 3.05) is 6.79 Å². The van der Waals surface area contributed by atoms with Crippen LogP contribution in [0.4, 0.5) is 5.69 Å². The Morgan fingerprint density at radius 3 is 2.74 bits per heavy atom.